The number of phenolic OH excluding ortho intramolecular Hbond substituents is 1. The molecule has 28 heavy (non-hydrogen) atoms. The lowest BCUT2D eigenvalue weighted by Gasteiger charge is -2.38. The number of nitrogens with zero attached hydrogens (tertiary/aromatic N) is 4. The minimum absolute atomic E-state index is 0. The number of aliphatic imine (C=N–C) groups is 1. The van der Waals surface area contributed by atoms with E-state index < -0.39 is 0 Å². The summed E-state index contributed by atoms with van der Waals surface area (Å²) in [5.41, 5.74) is 0.929. The van der Waals surface area contributed by atoms with Gasteiger partial charge in [0.05, 0.1) is 12.2 Å². The van der Waals surface area contributed by atoms with Crippen molar-refractivity contribution in [2.24, 2.45) is 10.9 Å². The second-order valence-electron chi connectivity index (χ2n) is 7.75. The molecule has 2 fully saturated rings. The summed E-state index contributed by atoms with van der Waals surface area (Å²) in [4.78, 5) is 12.0. The Bertz CT molecular complexity index is 619. The third kappa shape index (κ3) is 6.40. The number of guanidine groups is 1. The summed E-state index contributed by atoms with van der Waals surface area (Å²) in [6.45, 7) is 13.3. The van der Waals surface area contributed by atoms with Crippen molar-refractivity contribution in [1.82, 2.24) is 15.1 Å². The Labute approximate surface area is 187 Å². The number of para-hydroxylation sites is 2. The molecule has 2 saturated heterocycles. The Kier molecular flexibility index (Phi) is 9.64. The predicted molar refractivity (Wildman–Crippen MR) is 128 cm³/mol. The van der Waals surface area contributed by atoms with E-state index in [2.05, 4.69) is 33.9 Å². The molecule has 1 unspecified atom stereocenters. The fraction of sp³-hybridized carbons (Fsp3) is 0.667. The Balaban J connectivity index is 0.00000280. The van der Waals surface area contributed by atoms with Crippen molar-refractivity contribution in [3.05, 3.63) is 24.3 Å². The minimum Gasteiger partial charge on any atom is -0.506 e. The molecule has 0 saturated carbocycles. The van der Waals surface area contributed by atoms with Crippen molar-refractivity contribution in [2.75, 3.05) is 63.8 Å². The highest BCUT2D eigenvalue weighted by Gasteiger charge is 2.21. The standard InChI is InChI=1S/C21H35N5O.HI/c1-3-22-21(23-10-12-24-11-6-7-18(2)17-24)26-15-13-25(14-16-26)19-8-4-5-9-20(19)27;/h4-5,8-9,18,27H,3,6-7,10-17H2,1-2H3,(H,22,23);1H. The summed E-state index contributed by atoms with van der Waals surface area (Å²) >= 11 is 0. The highest BCUT2D eigenvalue weighted by Crippen LogP contribution is 2.27. The molecular formula is C21H36IN5O. The number of hydrogen-bond donors (Lipinski definition) is 2. The first-order valence-corrected chi connectivity index (χ1v) is 10.5. The minimum atomic E-state index is 0. The number of benzene rings is 1. The lowest BCUT2D eigenvalue weighted by Crippen LogP contribution is -2.52. The monoisotopic (exact) mass is 501 g/mol. The van der Waals surface area contributed by atoms with E-state index in [1.54, 1.807) is 6.07 Å². The van der Waals surface area contributed by atoms with Gasteiger partial charge in [0.2, 0.25) is 0 Å². The largest absolute Gasteiger partial charge is 0.506 e. The van der Waals surface area contributed by atoms with Crippen molar-refractivity contribution in [3.8, 4) is 5.75 Å². The maximum absolute atomic E-state index is 10.1. The van der Waals surface area contributed by atoms with Gasteiger partial charge in [-0.3, -0.25) is 4.99 Å². The van der Waals surface area contributed by atoms with E-state index in [1.165, 1.54) is 25.9 Å². The van der Waals surface area contributed by atoms with Crippen LogP contribution in [0.4, 0.5) is 5.69 Å². The van der Waals surface area contributed by atoms with Gasteiger partial charge in [-0.25, -0.2) is 0 Å². The highest BCUT2D eigenvalue weighted by atomic mass is 127. The number of hydrogen-bond acceptors (Lipinski definition) is 4. The van der Waals surface area contributed by atoms with Gasteiger partial charge in [0, 0.05) is 45.8 Å². The van der Waals surface area contributed by atoms with Gasteiger partial charge in [-0.1, -0.05) is 19.1 Å². The number of aromatic hydroxyl groups is 1. The molecule has 2 N–H and O–H groups in total. The molecule has 0 spiro atoms. The Morgan fingerprint density at radius 3 is 2.61 bits per heavy atom. The van der Waals surface area contributed by atoms with Crippen LogP contribution in [0.5, 0.6) is 5.75 Å². The predicted octanol–water partition coefficient (Wildman–Crippen LogP) is 2.83. The maximum Gasteiger partial charge on any atom is 0.194 e. The lowest BCUT2D eigenvalue weighted by atomic mass is 10.0. The Morgan fingerprint density at radius 2 is 1.93 bits per heavy atom. The van der Waals surface area contributed by atoms with Crippen molar-refractivity contribution < 1.29 is 5.11 Å². The van der Waals surface area contributed by atoms with Gasteiger partial charge in [-0.05, 0) is 44.4 Å². The molecule has 0 radical (unpaired) electrons. The van der Waals surface area contributed by atoms with Crippen LogP contribution in [-0.4, -0.2) is 79.8 Å². The molecule has 1 atom stereocenters. The van der Waals surface area contributed by atoms with Crippen molar-refractivity contribution in [1.29, 1.82) is 0 Å². The number of piperidine rings is 1. The number of piperazine rings is 1. The second kappa shape index (κ2) is 11.7. The van der Waals surface area contributed by atoms with Crippen molar-refractivity contribution in [2.45, 2.75) is 26.7 Å². The van der Waals surface area contributed by atoms with Gasteiger partial charge >= 0.3 is 0 Å². The topological polar surface area (TPSA) is 54.3 Å². The van der Waals surface area contributed by atoms with Crippen LogP contribution >= 0.6 is 24.0 Å². The molecule has 6 nitrogen and oxygen atoms in total. The molecule has 0 aliphatic carbocycles. The number of rotatable bonds is 5. The van der Waals surface area contributed by atoms with Crippen LogP contribution in [-0.2, 0) is 0 Å². The van der Waals surface area contributed by atoms with Crippen LogP contribution in [0.2, 0.25) is 0 Å². The summed E-state index contributed by atoms with van der Waals surface area (Å²) in [6.07, 6.45) is 2.68. The number of anilines is 1. The van der Waals surface area contributed by atoms with Gasteiger partial charge in [0.1, 0.15) is 5.75 Å². The van der Waals surface area contributed by atoms with Gasteiger partial charge in [-0.2, -0.15) is 0 Å². The fourth-order valence-electron chi connectivity index (χ4n) is 4.10. The third-order valence-corrected chi connectivity index (χ3v) is 5.56. The average molecular weight is 501 g/mol. The quantitative estimate of drug-likeness (QED) is 0.369. The molecule has 1 aromatic carbocycles. The van der Waals surface area contributed by atoms with E-state index in [0.717, 1.165) is 63.4 Å². The molecule has 2 heterocycles. The van der Waals surface area contributed by atoms with Crippen molar-refractivity contribution >= 4 is 35.6 Å². The molecule has 7 heteroatoms. The summed E-state index contributed by atoms with van der Waals surface area (Å²) in [7, 11) is 0. The molecule has 0 bridgehead atoms. The highest BCUT2D eigenvalue weighted by molar-refractivity contribution is 14.0. The van der Waals surface area contributed by atoms with E-state index in [0.29, 0.717) is 5.75 Å². The average Bonchev–Trinajstić information content (AvgIpc) is 2.68. The van der Waals surface area contributed by atoms with Crippen molar-refractivity contribution in [3.63, 3.8) is 0 Å². The van der Waals surface area contributed by atoms with Crippen LogP contribution in [0.15, 0.2) is 29.3 Å². The van der Waals surface area contributed by atoms with Crippen LogP contribution in [0, 0.1) is 5.92 Å². The molecule has 2 aliphatic rings. The normalized spacial score (nSPS) is 21.4. The Morgan fingerprint density at radius 1 is 1.18 bits per heavy atom. The fourth-order valence-corrected chi connectivity index (χ4v) is 4.10. The van der Waals surface area contributed by atoms with E-state index in [-0.39, 0.29) is 24.0 Å². The van der Waals surface area contributed by atoms with Crippen LogP contribution in [0.25, 0.3) is 0 Å². The smallest absolute Gasteiger partial charge is 0.194 e. The van der Waals surface area contributed by atoms with Gasteiger partial charge < -0.3 is 25.1 Å². The van der Waals surface area contributed by atoms with Crippen LogP contribution < -0.4 is 10.2 Å². The second-order valence-corrected chi connectivity index (χ2v) is 7.75. The lowest BCUT2D eigenvalue weighted by molar-refractivity contribution is 0.188. The first kappa shape index (κ1) is 23.1. The summed E-state index contributed by atoms with van der Waals surface area (Å²) in [5, 5.41) is 13.5. The zero-order valence-corrected chi connectivity index (χ0v) is 19.6. The third-order valence-electron chi connectivity index (χ3n) is 5.56. The molecule has 3 rings (SSSR count). The van der Waals surface area contributed by atoms with Gasteiger partial charge in [0.15, 0.2) is 5.96 Å². The summed E-state index contributed by atoms with van der Waals surface area (Å²) < 4.78 is 0. The summed E-state index contributed by atoms with van der Waals surface area (Å²) in [5.74, 6) is 2.21. The van der Waals surface area contributed by atoms with Gasteiger partial charge in [-0.15, -0.1) is 24.0 Å². The SMILES string of the molecule is CCNC(=NCCN1CCCC(C)C1)N1CCN(c2ccccc2O)CC1.I. The van der Waals surface area contributed by atoms with Crippen LogP contribution in [0.1, 0.15) is 26.7 Å². The molecule has 0 amide bonds. The van der Waals surface area contributed by atoms with Crippen LogP contribution in [0.3, 0.4) is 0 Å². The van der Waals surface area contributed by atoms with E-state index >= 15 is 0 Å². The number of likely N-dealkylation sites (tertiary alicyclic amines) is 1. The Hall–Kier alpha value is -1.22. The maximum atomic E-state index is 10.1. The van der Waals surface area contributed by atoms with E-state index in [4.69, 9.17) is 4.99 Å². The first-order valence-electron chi connectivity index (χ1n) is 10.5. The molecule has 0 aromatic heterocycles. The van der Waals surface area contributed by atoms with E-state index in [1.807, 2.05) is 18.2 Å². The van der Waals surface area contributed by atoms with E-state index in [9.17, 15) is 5.11 Å². The number of halogens is 1. The molecule has 1 aromatic rings. The van der Waals surface area contributed by atoms with Gasteiger partial charge in [0.25, 0.3) is 0 Å². The number of phenols is 1. The molecule has 2 aliphatic heterocycles. The summed E-state index contributed by atoms with van der Waals surface area (Å²) in [6, 6.07) is 7.60. The number of nitrogens with one attached hydrogen (secondary N) is 1. The molecule has 158 valence electrons. The molecular weight excluding hydrogens is 465 g/mol. The first-order chi connectivity index (χ1) is 13.2. The zero-order chi connectivity index (χ0) is 19.1. The zero-order valence-electron chi connectivity index (χ0n) is 17.3.